The summed E-state index contributed by atoms with van der Waals surface area (Å²) in [4.78, 5) is 4.16. The molecule has 1 fully saturated rings. The molecular formula is C14H20N6S. The minimum Gasteiger partial charge on any atom is -0.269 e. The molecule has 1 aliphatic rings. The normalized spacial score (nSPS) is 22.6. The van der Waals surface area contributed by atoms with Gasteiger partial charge in [-0.1, -0.05) is 20.8 Å². The standard InChI is InChI=1S/C14H20N6S/c1-14(2,3)11-7-10(16-17-11)12-18-19-13(21)20(12)9-5-4-6-15-8-9/h4-6,8,10-11,16-17H,7H2,1-3H3,(H,19,21). The Morgan fingerprint density at radius 1 is 1.33 bits per heavy atom. The average molecular weight is 304 g/mol. The highest BCUT2D eigenvalue weighted by Gasteiger charge is 2.35. The van der Waals surface area contributed by atoms with Crippen molar-refractivity contribution < 1.29 is 0 Å². The Kier molecular flexibility index (Phi) is 3.64. The number of hydrazine groups is 1. The van der Waals surface area contributed by atoms with Gasteiger partial charge in [0.05, 0.1) is 17.9 Å². The molecule has 2 aromatic heterocycles. The van der Waals surface area contributed by atoms with Crippen LogP contribution in [-0.2, 0) is 0 Å². The predicted molar refractivity (Wildman–Crippen MR) is 83.4 cm³/mol. The molecule has 2 atom stereocenters. The number of rotatable bonds is 2. The summed E-state index contributed by atoms with van der Waals surface area (Å²) in [5.74, 6) is 0.882. The maximum atomic E-state index is 5.36. The predicted octanol–water partition coefficient (Wildman–Crippen LogP) is 2.28. The molecule has 0 aromatic carbocycles. The Balaban J connectivity index is 1.94. The number of pyridine rings is 1. The van der Waals surface area contributed by atoms with Crippen molar-refractivity contribution in [3.63, 3.8) is 0 Å². The second-order valence-electron chi connectivity index (χ2n) is 6.43. The van der Waals surface area contributed by atoms with Crippen molar-refractivity contribution in [1.29, 1.82) is 0 Å². The topological polar surface area (TPSA) is 70.6 Å². The fraction of sp³-hybridized carbons (Fsp3) is 0.500. The number of nitrogens with one attached hydrogen (secondary N) is 3. The van der Waals surface area contributed by atoms with Crippen LogP contribution in [-0.4, -0.2) is 25.8 Å². The monoisotopic (exact) mass is 304 g/mol. The molecule has 0 spiro atoms. The van der Waals surface area contributed by atoms with E-state index >= 15 is 0 Å². The van der Waals surface area contributed by atoms with Crippen molar-refractivity contribution in [1.82, 2.24) is 30.6 Å². The Morgan fingerprint density at radius 3 is 2.76 bits per heavy atom. The lowest BCUT2D eigenvalue weighted by atomic mass is 9.84. The van der Waals surface area contributed by atoms with Crippen LogP contribution in [0.1, 0.15) is 39.1 Å². The first-order valence-corrected chi connectivity index (χ1v) is 7.46. The van der Waals surface area contributed by atoms with Gasteiger partial charge in [0, 0.05) is 12.2 Å². The van der Waals surface area contributed by atoms with Crippen LogP contribution >= 0.6 is 12.2 Å². The quantitative estimate of drug-likeness (QED) is 0.743. The van der Waals surface area contributed by atoms with Crippen LogP contribution in [0.25, 0.3) is 5.69 Å². The summed E-state index contributed by atoms with van der Waals surface area (Å²) in [6.45, 7) is 6.69. The van der Waals surface area contributed by atoms with Crippen molar-refractivity contribution in [3.05, 3.63) is 35.1 Å². The molecule has 3 N–H and O–H groups in total. The van der Waals surface area contributed by atoms with E-state index in [2.05, 4.69) is 46.8 Å². The van der Waals surface area contributed by atoms with E-state index in [0.29, 0.717) is 10.8 Å². The van der Waals surface area contributed by atoms with Crippen LogP contribution in [0.5, 0.6) is 0 Å². The summed E-state index contributed by atoms with van der Waals surface area (Å²) in [6, 6.07) is 4.37. The van der Waals surface area contributed by atoms with E-state index in [1.54, 1.807) is 12.4 Å². The first-order chi connectivity index (χ1) is 9.97. The summed E-state index contributed by atoms with van der Waals surface area (Å²) in [5, 5.41) is 7.29. The van der Waals surface area contributed by atoms with Gasteiger partial charge in [-0.25, -0.2) is 5.43 Å². The highest BCUT2D eigenvalue weighted by Crippen LogP contribution is 2.31. The molecule has 1 aliphatic heterocycles. The smallest absolute Gasteiger partial charge is 0.199 e. The third-order valence-electron chi connectivity index (χ3n) is 3.86. The lowest BCUT2D eigenvalue weighted by molar-refractivity contribution is 0.285. The van der Waals surface area contributed by atoms with E-state index in [1.165, 1.54) is 0 Å². The van der Waals surface area contributed by atoms with E-state index in [9.17, 15) is 0 Å². The number of aromatic nitrogens is 4. The molecule has 112 valence electrons. The van der Waals surface area contributed by atoms with Crippen LogP contribution in [0.15, 0.2) is 24.5 Å². The fourth-order valence-electron chi connectivity index (χ4n) is 2.57. The molecule has 3 rings (SSSR count). The molecule has 3 heterocycles. The van der Waals surface area contributed by atoms with Gasteiger partial charge < -0.3 is 0 Å². The molecule has 1 saturated heterocycles. The molecule has 0 saturated carbocycles. The Hall–Kier alpha value is -1.57. The lowest BCUT2D eigenvalue weighted by Gasteiger charge is -2.25. The van der Waals surface area contributed by atoms with Gasteiger partial charge in [0.15, 0.2) is 10.6 Å². The summed E-state index contributed by atoms with van der Waals surface area (Å²) in [6.07, 6.45) is 4.50. The van der Waals surface area contributed by atoms with E-state index in [-0.39, 0.29) is 11.5 Å². The molecule has 0 bridgehead atoms. The first-order valence-electron chi connectivity index (χ1n) is 7.05. The molecule has 0 radical (unpaired) electrons. The Labute approximate surface area is 129 Å². The average Bonchev–Trinajstić information content (AvgIpc) is 3.05. The largest absolute Gasteiger partial charge is 0.269 e. The van der Waals surface area contributed by atoms with Gasteiger partial charge in [-0.05, 0) is 36.2 Å². The second-order valence-corrected chi connectivity index (χ2v) is 6.82. The SMILES string of the molecule is CC(C)(C)C1CC(c2n[nH]c(=S)n2-c2cccnc2)NN1. The van der Waals surface area contributed by atoms with Crippen LogP contribution in [0, 0.1) is 10.2 Å². The zero-order chi connectivity index (χ0) is 15.0. The zero-order valence-corrected chi connectivity index (χ0v) is 13.2. The Morgan fingerprint density at radius 2 is 2.14 bits per heavy atom. The molecule has 0 aliphatic carbocycles. The summed E-state index contributed by atoms with van der Waals surface area (Å²) in [7, 11) is 0. The third kappa shape index (κ3) is 2.76. The summed E-state index contributed by atoms with van der Waals surface area (Å²) in [5.41, 5.74) is 7.81. The van der Waals surface area contributed by atoms with Crippen LogP contribution in [0.3, 0.4) is 0 Å². The van der Waals surface area contributed by atoms with Crippen molar-refractivity contribution in [2.75, 3.05) is 0 Å². The van der Waals surface area contributed by atoms with E-state index in [1.807, 2.05) is 16.7 Å². The number of nitrogens with zero attached hydrogens (tertiary/aromatic N) is 3. The molecule has 6 nitrogen and oxygen atoms in total. The van der Waals surface area contributed by atoms with E-state index in [4.69, 9.17) is 12.2 Å². The Bertz CT molecular complexity index is 669. The minimum atomic E-state index is 0.113. The minimum absolute atomic E-state index is 0.113. The van der Waals surface area contributed by atoms with E-state index < -0.39 is 0 Å². The van der Waals surface area contributed by atoms with Crippen LogP contribution < -0.4 is 10.9 Å². The number of hydrogen-bond donors (Lipinski definition) is 3. The molecule has 21 heavy (non-hydrogen) atoms. The number of H-pyrrole nitrogens is 1. The molecule has 2 aromatic rings. The van der Waals surface area contributed by atoms with Gasteiger partial charge in [-0.15, -0.1) is 0 Å². The van der Waals surface area contributed by atoms with Gasteiger partial charge in [0.1, 0.15) is 0 Å². The van der Waals surface area contributed by atoms with Gasteiger partial charge in [-0.3, -0.25) is 20.1 Å². The fourth-order valence-corrected chi connectivity index (χ4v) is 2.82. The molecular weight excluding hydrogens is 284 g/mol. The first kappa shape index (κ1) is 14.4. The van der Waals surface area contributed by atoms with Gasteiger partial charge >= 0.3 is 0 Å². The number of hydrogen-bond acceptors (Lipinski definition) is 5. The van der Waals surface area contributed by atoms with Gasteiger partial charge in [0.2, 0.25) is 0 Å². The zero-order valence-electron chi connectivity index (χ0n) is 12.4. The van der Waals surface area contributed by atoms with Crippen molar-refractivity contribution in [2.24, 2.45) is 5.41 Å². The van der Waals surface area contributed by atoms with Gasteiger partial charge in [-0.2, -0.15) is 5.10 Å². The lowest BCUT2D eigenvalue weighted by Crippen LogP contribution is -2.39. The van der Waals surface area contributed by atoms with Crippen molar-refractivity contribution in [2.45, 2.75) is 39.3 Å². The van der Waals surface area contributed by atoms with Gasteiger partial charge in [0.25, 0.3) is 0 Å². The van der Waals surface area contributed by atoms with Crippen LogP contribution in [0.4, 0.5) is 0 Å². The molecule has 7 heteroatoms. The molecule has 2 unspecified atom stereocenters. The number of aromatic amines is 1. The van der Waals surface area contributed by atoms with E-state index in [0.717, 1.165) is 17.9 Å². The summed E-state index contributed by atoms with van der Waals surface area (Å²) < 4.78 is 2.52. The van der Waals surface area contributed by atoms with Crippen molar-refractivity contribution in [3.8, 4) is 5.69 Å². The maximum absolute atomic E-state index is 5.36. The highest BCUT2D eigenvalue weighted by atomic mass is 32.1. The third-order valence-corrected chi connectivity index (χ3v) is 4.14. The highest BCUT2D eigenvalue weighted by molar-refractivity contribution is 7.71. The second kappa shape index (κ2) is 5.32. The molecule has 0 amide bonds. The van der Waals surface area contributed by atoms with Crippen molar-refractivity contribution >= 4 is 12.2 Å². The van der Waals surface area contributed by atoms with Crippen LogP contribution in [0.2, 0.25) is 0 Å². The summed E-state index contributed by atoms with van der Waals surface area (Å²) >= 11 is 5.36. The maximum Gasteiger partial charge on any atom is 0.199 e.